The second kappa shape index (κ2) is 22.3. The van der Waals surface area contributed by atoms with E-state index in [1.807, 2.05) is 69.0 Å². The van der Waals surface area contributed by atoms with Gasteiger partial charge in [0.1, 0.15) is 40.2 Å². The van der Waals surface area contributed by atoms with Crippen LogP contribution in [0.25, 0.3) is 78.4 Å². The number of hydrogen-bond donors (Lipinski definition) is 3. The van der Waals surface area contributed by atoms with Crippen molar-refractivity contribution < 1.29 is 23.5 Å². The van der Waals surface area contributed by atoms with Crippen LogP contribution in [0.4, 0.5) is 11.9 Å². The number of imidazole rings is 2. The number of carbonyl (C=O) groups excluding carboxylic acids is 2. The molecule has 2 aliphatic heterocycles. The number of rotatable bonds is 10. The number of halogens is 3. The Morgan fingerprint density at radius 1 is 0.590 bits per heavy atom. The smallest absolute Gasteiger partial charge is 0.369 e. The molecule has 2 atom stereocenters. The fraction of sp³-hybridized carbons (Fsp3) is 0.298. The average molecular weight is 1240 g/mol. The summed E-state index contributed by atoms with van der Waals surface area (Å²) in [6, 6.07) is 31.3. The van der Waals surface area contributed by atoms with E-state index >= 15 is 0 Å². The van der Waals surface area contributed by atoms with E-state index in [0.29, 0.717) is 42.5 Å². The van der Waals surface area contributed by atoms with Crippen LogP contribution in [0.2, 0.25) is 0 Å². The number of aromatic nitrogens is 8. The van der Waals surface area contributed by atoms with Gasteiger partial charge in [0, 0.05) is 90.5 Å². The minimum absolute atomic E-state index is 0.0956. The molecular formula is C57H54BBr3N12O5. The number of furan rings is 2. The van der Waals surface area contributed by atoms with Crippen LogP contribution in [0.3, 0.4) is 0 Å². The molecule has 2 amide bonds. The van der Waals surface area contributed by atoms with E-state index in [-0.39, 0.29) is 38.8 Å². The lowest BCUT2D eigenvalue weighted by Crippen LogP contribution is -2.45. The molecule has 0 radical (unpaired) electrons. The number of nitrogens with one attached hydrogen (secondary N) is 2. The van der Waals surface area contributed by atoms with Gasteiger partial charge in [0.2, 0.25) is 23.7 Å². The summed E-state index contributed by atoms with van der Waals surface area (Å²) in [5, 5.41) is 19.2. The number of fused-ring (bicyclic) bond motifs is 4. The Morgan fingerprint density at radius 2 is 1.06 bits per heavy atom. The maximum Gasteiger partial charge on any atom is 0.369 e. The van der Waals surface area contributed by atoms with Crippen LogP contribution in [0.15, 0.2) is 131 Å². The number of phenols is 1. The first-order valence-electron chi connectivity index (χ1n) is 26.3. The van der Waals surface area contributed by atoms with Crippen molar-refractivity contribution in [1.82, 2.24) is 48.8 Å². The van der Waals surface area contributed by atoms with Gasteiger partial charge in [-0.15, -0.1) is 47.3 Å². The zero-order valence-corrected chi connectivity index (χ0v) is 47.4. The van der Waals surface area contributed by atoms with Gasteiger partial charge in [0.25, 0.3) is 0 Å². The number of piperidine rings is 2. The highest BCUT2D eigenvalue weighted by atomic mass is 79.9. The lowest BCUT2D eigenvalue weighted by molar-refractivity contribution is -0.134. The molecule has 0 spiro atoms. The first-order chi connectivity index (χ1) is 38.0. The number of nitrogens with zero attached hydrogens (tertiary/aromatic N) is 10. The van der Waals surface area contributed by atoms with Gasteiger partial charge in [-0.1, -0.05) is 6.07 Å². The molecule has 0 bridgehead atoms. The molecule has 4 aliphatic rings. The van der Waals surface area contributed by atoms with E-state index in [0.717, 1.165) is 137 Å². The number of anilines is 2. The standard InChI is InChI=1S/C29H28N6O2.C28H26N6O3.BBr3/c1-18-4-8-23-24(15-18)35(27(32-23)21-7-9-25-20(16-21)11-14-37-25)26-10-12-30-29(33-26)31-22-3-2-13-34(17-22)28(36)19-5-6-19;35-21-6-7-22-23(15-21)34(26(31-22)19-5-8-24-18(14-19)10-13-37-24)25-9-11-29-28(32-25)30-20-2-1-12-33(16-20)27(36)17-3-4-17;2-1(3)4/h4,7-12,14-16,19,22H,2-3,5-6,13,17H2,1H3,(H,30,31,33);5-11,13-15,17,20,35H,1-4,12,16H2,(H,29,30,32);/t22-;20-;/m00./s1. The molecule has 3 N–H and O–H groups in total. The van der Waals surface area contributed by atoms with E-state index in [2.05, 4.69) is 104 Å². The van der Waals surface area contributed by atoms with Gasteiger partial charge < -0.3 is 34.4 Å². The number of amides is 2. The molecular weight excluding hydrogens is 1180 g/mol. The van der Waals surface area contributed by atoms with Crippen molar-refractivity contribution in [2.45, 2.75) is 70.4 Å². The van der Waals surface area contributed by atoms with Crippen molar-refractivity contribution in [3.05, 3.63) is 128 Å². The molecule has 78 heavy (non-hydrogen) atoms. The molecule has 4 aromatic carbocycles. The molecule has 17 nitrogen and oxygen atoms in total. The summed E-state index contributed by atoms with van der Waals surface area (Å²) in [6.45, 7) is 5.12. The molecule has 396 valence electrons. The Labute approximate surface area is 474 Å². The summed E-state index contributed by atoms with van der Waals surface area (Å²) >= 11 is 9.31. The zero-order valence-electron chi connectivity index (χ0n) is 42.6. The SMILES string of the molecule is BrB(Br)Br.Cc1ccc2nc(-c3ccc4occc4c3)n(-c3ccnc(N[C@H]4CCCN(C(=O)C5CC5)C4)n3)c2c1.O=C(C1CC1)N1CCC[C@H](Nc2nccc(-n3c(-c4ccc5occc5c4)nc4ccc(O)cc43)n2)C1. The van der Waals surface area contributed by atoms with Crippen LogP contribution < -0.4 is 10.6 Å². The lowest BCUT2D eigenvalue weighted by Gasteiger charge is -2.33. The summed E-state index contributed by atoms with van der Waals surface area (Å²) in [4.78, 5) is 57.8. The first kappa shape index (κ1) is 51.7. The van der Waals surface area contributed by atoms with Crippen molar-refractivity contribution in [2.75, 3.05) is 36.8 Å². The summed E-state index contributed by atoms with van der Waals surface area (Å²) in [6.07, 6.45) is 14.9. The summed E-state index contributed by atoms with van der Waals surface area (Å²) < 4.78 is 15.4. The van der Waals surface area contributed by atoms with E-state index in [1.165, 1.54) is 0 Å². The van der Waals surface area contributed by atoms with Crippen molar-refractivity contribution >= 4 is 118 Å². The van der Waals surface area contributed by atoms with Crippen LogP contribution in [-0.2, 0) is 9.59 Å². The third kappa shape index (κ3) is 11.4. The number of benzene rings is 4. The molecule has 10 aromatic rings. The fourth-order valence-corrected chi connectivity index (χ4v) is 10.5. The molecule has 21 heteroatoms. The number of carbonyl (C=O) groups is 2. The van der Waals surface area contributed by atoms with E-state index < -0.39 is 0 Å². The topological polar surface area (TPSA) is 198 Å². The van der Waals surface area contributed by atoms with E-state index in [4.69, 9.17) is 28.8 Å². The molecule has 8 heterocycles. The number of aryl methyl sites for hydroxylation is 1. The van der Waals surface area contributed by atoms with Crippen molar-refractivity contribution in [3.63, 3.8) is 0 Å². The summed E-state index contributed by atoms with van der Waals surface area (Å²) in [5.41, 5.74) is 8.07. The van der Waals surface area contributed by atoms with Gasteiger partial charge in [-0.3, -0.25) is 18.7 Å². The highest BCUT2D eigenvalue weighted by molar-refractivity contribution is 9.69. The normalized spacial score (nSPS) is 17.4. The lowest BCUT2D eigenvalue weighted by atomic mass is 10.1. The number of likely N-dealkylation sites (tertiary alicyclic amines) is 2. The minimum atomic E-state index is 0.0956. The highest BCUT2D eigenvalue weighted by Gasteiger charge is 2.37. The van der Waals surface area contributed by atoms with Crippen LogP contribution in [-0.4, -0.2) is 107 Å². The predicted octanol–water partition coefficient (Wildman–Crippen LogP) is 12.3. The fourth-order valence-electron chi connectivity index (χ4n) is 10.5. The molecule has 2 aliphatic carbocycles. The van der Waals surface area contributed by atoms with E-state index in [1.54, 1.807) is 43.1 Å². The van der Waals surface area contributed by atoms with Gasteiger partial charge in [-0.25, -0.2) is 19.9 Å². The Hall–Kier alpha value is -7.10. The maximum atomic E-state index is 12.6. The van der Waals surface area contributed by atoms with Crippen LogP contribution >= 0.6 is 47.3 Å². The minimum Gasteiger partial charge on any atom is -0.508 e. The van der Waals surface area contributed by atoms with Crippen molar-refractivity contribution in [2.24, 2.45) is 11.8 Å². The Balaban J connectivity index is 0.000000146. The Bertz CT molecular complexity index is 3590. The van der Waals surface area contributed by atoms with Gasteiger partial charge in [0.05, 0.1) is 34.6 Å². The quantitative estimate of drug-likeness (QED) is 0.109. The molecule has 6 aromatic heterocycles. The third-order valence-corrected chi connectivity index (χ3v) is 14.6. The molecule has 0 unspecified atom stereocenters. The van der Waals surface area contributed by atoms with Crippen LogP contribution in [0.5, 0.6) is 5.75 Å². The van der Waals surface area contributed by atoms with Gasteiger partial charge in [-0.05, 0) is 149 Å². The Kier molecular flexibility index (Phi) is 14.8. The number of phenolic OH excluding ortho intramolecular Hbond substituents is 1. The van der Waals surface area contributed by atoms with Gasteiger partial charge >= 0.3 is 3.18 Å². The van der Waals surface area contributed by atoms with E-state index in [9.17, 15) is 14.7 Å². The van der Waals surface area contributed by atoms with Gasteiger partial charge in [-0.2, -0.15) is 9.97 Å². The maximum absolute atomic E-state index is 12.6. The predicted molar refractivity (Wildman–Crippen MR) is 315 cm³/mol. The van der Waals surface area contributed by atoms with Crippen LogP contribution in [0.1, 0.15) is 56.9 Å². The summed E-state index contributed by atoms with van der Waals surface area (Å²) in [5.74, 6) is 5.17. The molecule has 14 rings (SSSR count). The first-order valence-corrected chi connectivity index (χ1v) is 29.1. The second-order valence-corrected chi connectivity index (χ2v) is 26.8. The average Bonchev–Trinajstić information content (AvgIpc) is 4.43. The summed E-state index contributed by atoms with van der Waals surface area (Å²) in [7, 11) is 0. The Morgan fingerprint density at radius 3 is 1.55 bits per heavy atom. The second-order valence-electron chi connectivity index (χ2n) is 20.4. The third-order valence-electron chi connectivity index (χ3n) is 14.6. The molecule has 4 fully saturated rings. The number of aromatic hydroxyl groups is 1. The molecule has 2 saturated carbocycles. The zero-order chi connectivity index (χ0) is 53.4. The molecule has 2 saturated heterocycles. The van der Waals surface area contributed by atoms with Gasteiger partial charge in [0.15, 0.2) is 0 Å². The monoisotopic (exact) mass is 1230 g/mol. The van der Waals surface area contributed by atoms with Crippen LogP contribution in [0, 0.1) is 18.8 Å². The van der Waals surface area contributed by atoms with Crippen molar-refractivity contribution in [1.29, 1.82) is 0 Å². The number of hydrogen-bond acceptors (Lipinski definition) is 13. The largest absolute Gasteiger partial charge is 0.508 e. The highest BCUT2D eigenvalue weighted by Crippen LogP contribution is 2.36. The van der Waals surface area contributed by atoms with Crippen molar-refractivity contribution in [3.8, 4) is 40.2 Å².